The van der Waals surface area contributed by atoms with Gasteiger partial charge >= 0.3 is 0 Å². The van der Waals surface area contributed by atoms with Crippen LogP contribution in [-0.4, -0.2) is 60.4 Å². The third kappa shape index (κ3) is 1.96. The Balaban J connectivity index is 1.62. The molecular weight excluding hydrogens is 346 g/mol. The number of hydrogen-bond acceptors (Lipinski definition) is 5. The van der Waals surface area contributed by atoms with E-state index in [9.17, 15) is 14.4 Å². The number of hydrogen-bond donors (Lipinski definition) is 1. The Bertz CT molecular complexity index is 840. The van der Waals surface area contributed by atoms with Crippen molar-refractivity contribution in [2.45, 2.75) is 30.8 Å². The number of carbonyl (C=O) groups excluding carboxylic acids is 3. The van der Waals surface area contributed by atoms with Crippen molar-refractivity contribution < 1.29 is 19.1 Å². The van der Waals surface area contributed by atoms with Gasteiger partial charge in [0.1, 0.15) is 5.54 Å². The normalized spacial score (nSPS) is 34.3. The molecule has 0 radical (unpaired) electrons. The summed E-state index contributed by atoms with van der Waals surface area (Å²) in [4.78, 5) is 43.4. The highest BCUT2D eigenvalue weighted by molar-refractivity contribution is 6.15. The van der Waals surface area contributed by atoms with E-state index in [0.717, 1.165) is 30.6 Å². The molecule has 0 aliphatic carbocycles. The minimum absolute atomic E-state index is 0.0456. The second kappa shape index (κ2) is 5.87. The predicted molar refractivity (Wildman–Crippen MR) is 96.7 cm³/mol. The fraction of sp³-hybridized carbons (Fsp3) is 0.550. The number of amides is 3. The molecular formula is C20H23N3O4. The van der Waals surface area contributed by atoms with Crippen LogP contribution in [0.15, 0.2) is 24.3 Å². The number of likely N-dealkylation sites (tertiary alicyclic amines) is 1. The molecule has 4 heterocycles. The largest absolute Gasteiger partial charge is 0.385 e. The third-order valence-corrected chi connectivity index (χ3v) is 6.72. The number of anilines is 1. The number of imide groups is 1. The quantitative estimate of drug-likeness (QED) is 0.632. The van der Waals surface area contributed by atoms with Gasteiger partial charge in [0.25, 0.3) is 0 Å². The Morgan fingerprint density at radius 2 is 2.04 bits per heavy atom. The van der Waals surface area contributed by atoms with Crippen LogP contribution >= 0.6 is 0 Å². The van der Waals surface area contributed by atoms with Crippen molar-refractivity contribution in [3.8, 4) is 0 Å². The van der Waals surface area contributed by atoms with E-state index in [1.807, 2.05) is 24.3 Å². The number of benzene rings is 1. The number of carbonyl (C=O) groups is 3. The maximum Gasteiger partial charge on any atom is 0.250 e. The number of para-hydroxylation sites is 1. The summed E-state index contributed by atoms with van der Waals surface area (Å²) in [5.74, 6) is -1.56. The fourth-order valence-electron chi connectivity index (χ4n) is 5.81. The number of methoxy groups -OCH3 is 1. The topological polar surface area (TPSA) is 79.0 Å². The molecule has 7 heteroatoms. The SMILES string of the molecule is COCCCN1C(=O)C2C3CCCN3C3(C(=O)Nc4ccccc43)C2C1=O. The van der Waals surface area contributed by atoms with Crippen LogP contribution in [0.3, 0.4) is 0 Å². The molecule has 4 aliphatic heterocycles. The first-order valence-corrected chi connectivity index (χ1v) is 9.64. The summed E-state index contributed by atoms with van der Waals surface area (Å²) in [6, 6.07) is 7.53. The van der Waals surface area contributed by atoms with Gasteiger partial charge in [-0.3, -0.25) is 24.2 Å². The van der Waals surface area contributed by atoms with Crippen molar-refractivity contribution in [3.63, 3.8) is 0 Å². The van der Waals surface area contributed by atoms with Gasteiger partial charge in [-0.1, -0.05) is 18.2 Å². The zero-order valence-electron chi connectivity index (χ0n) is 15.3. The molecule has 3 fully saturated rings. The van der Waals surface area contributed by atoms with Gasteiger partial charge in [-0.15, -0.1) is 0 Å². The van der Waals surface area contributed by atoms with Gasteiger partial charge in [0.05, 0.1) is 11.8 Å². The van der Waals surface area contributed by atoms with E-state index in [1.54, 1.807) is 7.11 Å². The summed E-state index contributed by atoms with van der Waals surface area (Å²) in [6.45, 7) is 1.59. The highest BCUT2D eigenvalue weighted by Gasteiger charge is 2.74. The number of ether oxygens (including phenoxy) is 1. The average Bonchev–Trinajstić information content (AvgIpc) is 3.36. The molecule has 1 spiro atoms. The Hall–Kier alpha value is -2.25. The molecule has 1 aromatic rings. The zero-order valence-corrected chi connectivity index (χ0v) is 15.3. The highest BCUT2D eigenvalue weighted by atomic mass is 16.5. The van der Waals surface area contributed by atoms with Gasteiger partial charge in [0, 0.05) is 37.6 Å². The van der Waals surface area contributed by atoms with E-state index in [2.05, 4.69) is 10.2 Å². The molecule has 0 bridgehead atoms. The molecule has 7 nitrogen and oxygen atoms in total. The van der Waals surface area contributed by atoms with E-state index in [4.69, 9.17) is 4.74 Å². The van der Waals surface area contributed by atoms with Crippen LogP contribution in [0.5, 0.6) is 0 Å². The number of fused-ring (bicyclic) bond motifs is 7. The number of rotatable bonds is 4. The lowest BCUT2D eigenvalue weighted by Gasteiger charge is -2.36. The van der Waals surface area contributed by atoms with Crippen LogP contribution < -0.4 is 5.32 Å². The monoisotopic (exact) mass is 369 g/mol. The summed E-state index contributed by atoms with van der Waals surface area (Å²) in [6.07, 6.45) is 2.40. The van der Waals surface area contributed by atoms with Crippen molar-refractivity contribution in [3.05, 3.63) is 29.8 Å². The lowest BCUT2D eigenvalue weighted by atomic mass is 9.75. The van der Waals surface area contributed by atoms with Gasteiger partial charge in [-0.05, 0) is 31.9 Å². The summed E-state index contributed by atoms with van der Waals surface area (Å²) < 4.78 is 5.07. The van der Waals surface area contributed by atoms with Gasteiger partial charge in [-0.25, -0.2) is 0 Å². The highest BCUT2D eigenvalue weighted by Crippen LogP contribution is 2.60. The molecule has 4 atom stereocenters. The van der Waals surface area contributed by atoms with E-state index < -0.39 is 17.4 Å². The molecule has 3 saturated heterocycles. The van der Waals surface area contributed by atoms with Crippen molar-refractivity contribution in [1.82, 2.24) is 9.80 Å². The van der Waals surface area contributed by atoms with Crippen LogP contribution in [-0.2, 0) is 24.7 Å². The summed E-state index contributed by atoms with van der Waals surface area (Å²) in [7, 11) is 1.60. The van der Waals surface area contributed by atoms with Crippen LogP contribution in [0, 0.1) is 11.8 Å². The molecule has 1 aromatic carbocycles. The minimum Gasteiger partial charge on any atom is -0.385 e. The smallest absolute Gasteiger partial charge is 0.250 e. The maximum atomic E-state index is 13.4. The third-order valence-electron chi connectivity index (χ3n) is 6.72. The van der Waals surface area contributed by atoms with E-state index in [0.29, 0.717) is 19.6 Å². The summed E-state index contributed by atoms with van der Waals surface area (Å²) in [5, 5.41) is 2.98. The minimum atomic E-state index is -1.05. The van der Waals surface area contributed by atoms with Crippen LogP contribution in [0.25, 0.3) is 0 Å². The molecule has 142 valence electrons. The first kappa shape index (κ1) is 16.9. The van der Waals surface area contributed by atoms with Crippen molar-refractivity contribution >= 4 is 23.4 Å². The average molecular weight is 369 g/mol. The second-order valence-corrected chi connectivity index (χ2v) is 7.85. The van der Waals surface area contributed by atoms with Gasteiger partial charge in [0.2, 0.25) is 17.7 Å². The molecule has 0 saturated carbocycles. The Kier molecular flexibility index (Phi) is 3.67. The lowest BCUT2D eigenvalue weighted by Crippen LogP contribution is -2.54. The molecule has 5 rings (SSSR count). The fourth-order valence-corrected chi connectivity index (χ4v) is 5.81. The van der Waals surface area contributed by atoms with E-state index >= 15 is 0 Å². The Labute approximate surface area is 157 Å². The van der Waals surface area contributed by atoms with Crippen LogP contribution in [0.1, 0.15) is 24.8 Å². The molecule has 3 amide bonds. The standard InChI is InChI=1S/C20H23N3O4/c1-27-11-5-9-22-17(24)15-14-8-4-10-23(14)20(16(15)18(22)25)12-6-2-3-7-13(12)21-19(20)26/h2-3,6-7,14-16H,4-5,8-11H2,1H3,(H,21,26). The maximum absolute atomic E-state index is 13.4. The Morgan fingerprint density at radius 1 is 1.22 bits per heavy atom. The second-order valence-electron chi connectivity index (χ2n) is 7.85. The molecule has 27 heavy (non-hydrogen) atoms. The predicted octanol–water partition coefficient (Wildman–Crippen LogP) is 0.950. The van der Waals surface area contributed by atoms with Crippen molar-refractivity contribution in [2.24, 2.45) is 11.8 Å². The van der Waals surface area contributed by atoms with Gasteiger partial charge in [0.15, 0.2) is 0 Å². The van der Waals surface area contributed by atoms with Crippen molar-refractivity contribution in [2.75, 3.05) is 32.1 Å². The zero-order chi connectivity index (χ0) is 18.8. The first-order chi connectivity index (χ1) is 13.1. The molecule has 4 unspecified atom stereocenters. The molecule has 4 aliphatic rings. The molecule has 0 aromatic heterocycles. The summed E-state index contributed by atoms with van der Waals surface area (Å²) in [5.41, 5.74) is 0.548. The molecule has 1 N–H and O–H groups in total. The lowest BCUT2D eigenvalue weighted by molar-refractivity contribution is -0.145. The number of nitrogens with one attached hydrogen (secondary N) is 1. The van der Waals surface area contributed by atoms with Crippen LogP contribution in [0.2, 0.25) is 0 Å². The van der Waals surface area contributed by atoms with Gasteiger partial charge in [-0.2, -0.15) is 0 Å². The number of nitrogens with zero attached hydrogens (tertiary/aromatic N) is 2. The summed E-state index contributed by atoms with van der Waals surface area (Å²) >= 11 is 0. The van der Waals surface area contributed by atoms with E-state index in [-0.39, 0.29) is 23.8 Å². The first-order valence-electron chi connectivity index (χ1n) is 9.64. The van der Waals surface area contributed by atoms with Gasteiger partial charge < -0.3 is 10.1 Å². The van der Waals surface area contributed by atoms with E-state index in [1.165, 1.54) is 4.90 Å². The van der Waals surface area contributed by atoms with Crippen LogP contribution in [0.4, 0.5) is 5.69 Å². The Morgan fingerprint density at radius 3 is 2.85 bits per heavy atom. The van der Waals surface area contributed by atoms with Crippen molar-refractivity contribution in [1.29, 1.82) is 0 Å².